The van der Waals surface area contributed by atoms with Crippen molar-refractivity contribution in [2.75, 3.05) is 12.9 Å². The van der Waals surface area contributed by atoms with Crippen LogP contribution in [0.25, 0.3) is 22.2 Å². The van der Waals surface area contributed by atoms with Crippen molar-refractivity contribution in [3.8, 4) is 11.3 Å². The van der Waals surface area contributed by atoms with Gasteiger partial charge < -0.3 is 9.72 Å². The van der Waals surface area contributed by atoms with E-state index in [2.05, 4.69) is 17.1 Å². The molecule has 1 N–H and O–H groups in total. The van der Waals surface area contributed by atoms with Gasteiger partial charge in [-0.05, 0) is 36.9 Å². The second-order valence-corrected chi connectivity index (χ2v) is 5.70. The number of H-pyrrole nitrogens is 1. The average Bonchev–Trinajstić information content (AvgIpc) is 2.93. The summed E-state index contributed by atoms with van der Waals surface area (Å²) in [5.41, 5.74) is 3.84. The highest BCUT2D eigenvalue weighted by Crippen LogP contribution is 2.36. The van der Waals surface area contributed by atoms with Gasteiger partial charge in [0.05, 0.1) is 17.9 Å². The zero-order chi connectivity index (χ0) is 15.5. The number of thioether (sulfide) groups is 1. The number of nitrogens with one attached hydrogen (secondary N) is 1. The SMILES string of the molecule is CCOC(=O)c1ccc2[nH]c(-c3ccccc3)c(SC)c2c1. The number of hydrogen-bond acceptors (Lipinski definition) is 3. The van der Waals surface area contributed by atoms with Gasteiger partial charge in [-0.1, -0.05) is 30.3 Å². The molecule has 3 nitrogen and oxygen atoms in total. The minimum Gasteiger partial charge on any atom is -0.462 e. The molecule has 0 saturated heterocycles. The summed E-state index contributed by atoms with van der Waals surface area (Å²) < 4.78 is 5.09. The molecule has 112 valence electrons. The highest BCUT2D eigenvalue weighted by molar-refractivity contribution is 7.99. The summed E-state index contributed by atoms with van der Waals surface area (Å²) >= 11 is 1.68. The van der Waals surface area contributed by atoms with E-state index in [1.54, 1.807) is 17.8 Å². The molecule has 0 fully saturated rings. The van der Waals surface area contributed by atoms with Gasteiger partial charge in [0, 0.05) is 15.8 Å². The Labute approximate surface area is 133 Å². The standard InChI is InChI=1S/C18H17NO2S/c1-3-21-18(20)13-9-10-15-14(11-13)17(22-2)16(19-15)12-7-5-4-6-8-12/h4-11,19H,3H2,1-2H3. The molecule has 0 amide bonds. The lowest BCUT2D eigenvalue weighted by Gasteiger charge is -2.03. The normalized spacial score (nSPS) is 10.8. The first-order chi connectivity index (χ1) is 10.7. The van der Waals surface area contributed by atoms with Crippen molar-refractivity contribution in [2.24, 2.45) is 0 Å². The number of carbonyl (C=O) groups excluding carboxylic acids is 1. The maximum Gasteiger partial charge on any atom is 0.338 e. The number of fused-ring (bicyclic) bond motifs is 1. The molecule has 0 aliphatic heterocycles. The van der Waals surface area contributed by atoms with Crippen LogP contribution in [0.15, 0.2) is 53.4 Å². The Kier molecular flexibility index (Phi) is 4.20. The molecule has 0 unspecified atom stereocenters. The van der Waals surface area contributed by atoms with Gasteiger partial charge in [-0.3, -0.25) is 0 Å². The molecule has 2 aromatic carbocycles. The van der Waals surface area contributed by atoms with Crippen LogP contribution in [0.3, 0.4) is 0 Å². The monoisotopic (exact) mass is 311 g/mol. The third-order valence-corrected chi connectivity index (χ3v) is 4.36. The summed E-state index contributed by atoms with van der Waals surface area (Å²) in [6.07, 6.45) is 2.05. The van der Waals surface area contributed by atoms with Crippen LogP contribution in [0, 0.1) is 0 Å². The predicted molar refractivity (Wildman–Crippen MR) is 91.5 cm³/mol. The van der Waals surface area contributed by atoms with Crippen molar-refractivity contribution in [3.63, 3.8) is 0 Å². The number of esters is 1. The third kappa shape index (κ3) is 2.62. The van der Waals surface area contributed by atoms with Crippen LogP contribution in [0.2, 0.25) is 0 Å². The lowest BCUT2D eigenvalue weighted by molar-refractivity contribution is 0.0526. The van der Waals surface area contributed by atoms with Crippen molar-refractivity contribution in [1.82, 2.24) is 4.98 Å². The molecule has 0 aliphatic rings. The van der Waals surface area contributed by atoms with Gasteiger partial charge in [0.25, 0.3) is 0 Å². The van der Waals surface area contributed by atoms with E-state index < -0.39 is 0 Å². The average molecular weight is 311 g/mol. The minimum absolute atomic E-state index is 0.279. The quantitative estimate of drug-likeness (QED) is 0.559. The van der Waals surface area contributed by atoms with Crippen molar-refractivity contribution in [1.29, 1.82) is 0 Å². The lowest BCUT2D eigenvalue weighted by atomic mass is 10.1. The molecular weight excluding hydrogens is 294 g/mol. The van der Waals surface area contributed by atoms with Gasteiger partial charge in [-0.15, -0.1) is 11.8 Å². The van der Waals surface area contributed by atoms with Crippen molar-refractivity contribution in [2.45, 2.75) is 11.8 Å². The minimum atomic E-state index is -0.279. The van der Waals surface area contributed by atoms with E-state index in [1.165, 1.54) is 0 Å². The smallest absolute Gasteiger partial charge is 0.338 e. The summed E-state index contributed by atoms with van der Waals surface area (Å²) in [7, 11) is 0. The van der Waals surface area contributed by atoms with Crippen LogP contribution >= 0.6 is 11.8 Å². The molecule has 3 rings (SSSR count). The molecule has 3 aromatic rings. The largest absolute Gasteiger partial charge is 0.462 e. The number of carbonyl (C=O) groups is 1. The molecule has 1 aromatic heterocycles. The van der Waals surface area contributed by atoms with E-state index in [4.69, 9.17) is 4.74 Å². The van der Waals surface area contributed by atoms with Crippen LogP contribution in [0.1, 0.15) is 17.3 Å². The Morgan fingerprint density at radius 2 is 1.95 bits per heavy atom. The predicted octanol–water partition coefficient (Wildman–Crippen LogP) is 4.73. The van der Waals surface area contributed by atoms with Gasteiger partial charge in [-0.25, -0.2) is 4.79 Å². The van der Waals surface area contributed by atoms with Crippen LogP contribution in [0.4, 0.5) is 0 Å². The zero-order valence-corrected chi connectivity index (χ0v) is 13.4. The second kappa shape index (κ2) is 6.28. The van der Waals surface area contributed by atoms with Gasteiger partial charge in [-0.2, -0.15) is 0 Å². The number of benzene rings is 2. The van der Waals surface area contributed by atoms with E-state index in [9.17, 15) is 4.79 Å². The lowest BCUT2D eigenvalue weighted by Crippen LogP contribution is -2.03. The van der Waals surface area contributed by atoms with Gasteiger partial charge in [0.1, 0.15) is 0 Å². The van der Waals surface area contributed by atoms with E-state index in [1.807, 2.05) is 43.5 Å². The Morgan fingerprint density at radius 3 is 2.64 bits per heavy atom. The fourth-order valence-electron chi connectivity index (χ4n) is 2.53. The maximum absolute atomic E-state index is 11.9. The third-order valence-electron chi connectivity index (χ3n) is 3.53. The van der Waals surface area contributed by atoms with Crippen molar-refractivity contribution >= 4 is 28.6 Å². The molecule has 1 heterocycles. The van der Waals surface area contributed by atoms with Gasteiger partial charge >= 0.3 is 5.97 Å². The number of hydrogen-bond donors (Lipinski definition) is 1. The molecule has 0 atom stereocenters. The van der Waals surface area contributed by atoms with E-state index in [-0.39, 0.29) is 5.97 Å². The van der Waals surface area contributed by atoms with Crippen molar-refractivity contribution < 1.29 is 9.53 Å². The Bertz CT molecular complexity index is 809. The highest BCUT2D eigenvalue weighted by atomic mass is 32.2. The summed E-state index contributed by atoms with van der Waals surface area (Å²) in [6, 6.07) is 15.9. The second-order valence-electron chi connectivity index (χ2n) is 4.88. The van der Waals surface area contributed by atoms with Crippen LogP contribution in [0.5, 0.6) is 0 Å². The zero-order valence-electron chi connectivity index (χ0n) is 12.6. The van der Waals surface area contributed by atoms with Gasteiger partial charge in [0.15, 0.2) is 0 Å². The van der Waals surface area contributed by atoms with Crippen LogP contribution in [-0.2, 0) is 4.74 Å². The number of aromatic nitrogens is 1. The molecule has 0 radical (unpaired) electrons. The highest BCUT2D eigenvalue weighted by Gasteiger charge is 2.15. The molecule has 0 saturated carbocycles. The molecule has 22 heavy (non-hydrogen) atoms. The van der Waals surface area contributed by atoms with Crippen molar-refractivity contribution in [3.05, 3.63) is 54.1 Å². The molecule has 0 bridgehead atoms. The summed E-state index contributed by atoms with van der Waals surface area (Å²) in [5.74, 6) is -0.279. The number of aromatic amines is 1. The first-order valence-corrected chi connectivity index (χ1v) is 8.39. The first kappa shape index (κ1) is 14.7. The Morgan fingerprint density at radius 1 is 1.18 bits per heavy atom. The van der Waals surface area contributed by atoms with E-state index >= 15 is 0 Å². The van der Waals surface area contributed by atoms with E-state index in [0.717, 1.165) is 27.1 Å². The summed E-state index contributed by atoms with van der Waals surface area (Å²) in [5, 5.41) is 1.05. The molecule has 4 heteroatoms. The number of ether oxygens (including phenoxy) is 1. The Hall–Kier alpha value is -2.20. The Balaban J connectivity index is 2.15. The number of rotatable bonds is 4. The van der Waals surface area contributed by atoms with Crippen LogP contribution in [-0.4, -0.2) is 23.8 Å². The maximum atomic E-state index is 11.9. The fourth-order valence-corrected chi connectivity index (χ4v) is 3.29. The summed E-state index contributed by atoms with van der Waals surface area (Å²) in [6.45, 7) is 2.20. The topological polar surface area (TPSA) is 42.1 Å². The first-order valence-electron chi connectivity index (χ1n) is 7.17. The van der Waals surface area contributed by atoms with Gasteiger partial charge in [0.2, 0.25) is 0 Å². The summed E-state index contributed by atoms with van der Waals surface area (Å²) in [4.78, 5) is 16.5. The molecular formula is C18H17NO2S. The van der Waals surface area contributed by atoms with Crippen LogP contribution < -0.4 is 0 Å². The fraction of sp³-hybridized carbons (Fsp3) is 0.167. The molecule has 0 spiro atoms. The molecule has 0 aliphatic carbocycles. The van der Waals surface area contributed by atoms with E-state index in [0.29, 0.717) is 12.2 Å².